The molecule has 1 aliphatic rings. The maximum atomic E-state index is 13.2. The second-order valence-corrected chi connectivity index (χ2v) is 6.30. The SMILES string of the molecule is Nc1ccc(S(=O)(=O)CC2CCC2)cc1F. The molecule has 0 radical (unpaired) electrons. The second kappa shape index (κ2) is 4.05. The number of hydrogen-bond acceptors (Lipinski definition) is 3. The Kier molecular flexibility index (Phi) is 2.88. The maximum absolute atomic E-state index is 13.2. The quantitative estimate of drug-likeness (QED) is 0.826. The summed E-state index contributed by atoms with van der Waals surface area (Å²) in [5, 5.41) is 0. The van der Waals surface area contributed by atoms with Crippen molar-refractivity contribution in [1.29, 1.82) is 0 Å². The molecule has 0 amide bonds. The molecule has 0 atom stereocenters. The third-order valence-corrected chi connectivity index (χ3v) is 4.89. The lowest BCUT2D eigenvalue weighted by Gasteiger charge is -2.24. The van der Waals surface area contributed by atoms with Crippen LogP contribution >= 0.6 is 0 Å². The van der Waals surface area contributed by atoms with Gasteiger partial charge in [-0.05, 0) is 37.0 Å². The van der Waals surface area contributed by atoms with E-state index in [9.17, 15) is 12.8 Å². The van der Waals surface area contributed by atoms with Crippen LogP contribution in [0.25, 0.3) is 0 Å². The predicted molar refractivity (Wildman–Crippen MR) is 60.2 cm³/mol. The first-order valence-corrected chi connectivity index (χ1v) is 6.92. The van der Waals surface area contributed by atoms with Crippen LogP contribution in [-0.2, 0) is 9.84 Å². The van der Waals surface area contributed by atoms with Crippen molar-refractivity contribution in [3.63, 3.8) is 0 Å². The first kappa shape index (κ1) is 11.4. The molecule has 0 unspecified atom stereocenters. The Morgan fingerprint density at radius 3 is 2.56 bits per heavy atom. The van der Waals surface area contributed by atoms with E-state index >= 15 is 0 Å². The topological polar surface area (TPSA) is 60.2 Å². The highest BCUT2D eigenvalue weighted by Gasteiger charge is 2.26. The summed E-state index contributed by atoms with van der Waals surface area (Å²) in [7, 11) is -3.36. The molecule has 0 heterocycles. The number of anilines is 1. The third kappa shape index (κ3) is 2.19. The summed E-state index contributed by atoms with van der Waals surface area (Å²) < 4.78 is 36.9. The van der Waals surface area contributed by atoms with Crippen LogP contribution in [0.15, 0.2) is 23.1 Å². The first-order chi connectivity index (χ1) is 7.49. The molecule has 1 aliphatic carbocycles. The van der Waals surface area contributed by atoms with Crippen LogP contribution in [0.1, 0.15) is 19.3 Å². The Hall–Kier alpha value is -1.10. The molecule has 0 aromatic heterocycles. The van der Waals surface area contributed by atoms with Crippen LogP contribution in [0.5, 0.6) is 0 Å². The largest absolute Gasteiger partial charge is 0.396 e. The molecule has 0 aliphatic heterocycles. The number of halogens is 1. The smallest absolute Gasteiger partial charge is 0.178 e. The monoisotopic (exact) mass is 243 g/mol. The zero-order valence-corrected chi connectivity index (χ0v) is 9.63. The van der Waals surface area contributed by atoms with Crippen LogP contribution in [0.2, 0.25) is 0 Å². The number of benzene rings is 1. The highest BCUT2D eigenvalue weighted by molar-refractivity contribution is 7.91. The number of hydrogen-bond donors (Lipinski definition) is 1. The molecule has 2 N–H and O–H groups in total. The molecule has 0 saturated heterocycles. The maximum Gasteiger partial charge on any atom is 0.178 e. The van der Waals surface area contributed by atoms with Gasteiger partial charge >= 0.3 is 0 Å². The summed E-state index contributed by atoms with van der Waals surface area (Å²) in [5.74, 6) is -0.309. The van der Waals surface area contributed by atoms with E-state index in [0.717, 1.165) is 25.3 Å². The van der Waals surface area contributed by atoms with Crippen molar-refractivity contribution in [2.45, 2.75) is 24.2 Å². The lowest BCUT2D eigenvalue weighted by Crippen LogP contribution is -2.22. The van der Waals surface area contributed by atoms with Gasteiger partial charge in [0.1, 0.15) is 5.82 Å². The average Bonchev–Trinajstić information content (AvgIpc) is 2.16. The van der Waals surface area contributed by atoms with E-state index < -0.39 is 15.7 Å². The minimum Gasteiger partial charge on any atom is -0.396 e. The third-order valence-electron chi connectivity index (χ3n) is 3.01. The van der Waals surface area contributed by atoms with Crippen molar-refractivity contribution < 1.29 is 12.8 Å². The summed E-state index contributed by atoms with van der Waals surface area (Å²) in [6.45, 7) is 0. The Bertz CT molecular complexity index is 495. The van der Waals surface area contributed by atoms with E-state index in [1.54, 1.807) is 0 Å². The summed E-state index contributed by atoms with van der Waals surface area (Å²) in [6.07, 6.45) is 3.00. The summed E-state index contributed by atoms with van der Waals surface area (Å²) in [6, 6.07) is 3.67. The highest BCUT2D eigenvalue weighted by Crippen LogP contribution is 2.30. The molecule has 1 fully saturated rings. The van der Waals surface area contributed by atoms with Gasteiger partial charge in [-0.3, -0.25) is 0 Å². The van der Waals surface area contributed by atoms with Crippen molar-refractivity contribution >= 4 is 15.5 Å². The van der Waals surface area contributed by atoms with E-state index in [1.807, 2.05) is 0 Å². The number of sulfone groups is 1. The fourth-order valence-electron chi connectivity index (χ4n) is 1.77. The minimum absolute atomic E-state index is 0.0254. The second-order valence-electron chi connectivity index (χ2n) is 4.26. The van der Waals surface area contributed by atoms with Gasteiger partial charge in [0, 0.05) is 0 Å². The van der Waals surface area contributed by atoms with Crippen molar-refractivity contribution in [3.05, 3.63) is 24.0 Å². The minimum atomic E-state index is -3.36. The summed E-state index contributed by atoms with van der Waals surface area (Å²) >= 11 is 0. The first-order valence-electron chi connectivity index (χ1n) is 5.27. The molecule has 5 heteroatoms. The predicted octanol–water partition coefficient (Wildman–Crippen LogP) is 1.98. The Morgan fingerprint density at radius 1 is 1.38 bits per heavy atom. The van der Waals surface area contributed by atoms with E-state index in [2.05, 4.69) is 0 Å². The fourth-order valence-corrected chi connectivity index (χ4v) is 3.47. The number of nitrogens with two attached hydrogens (primary N) is 1. The number of nitrogen functional groups attached to an aromatic ring is 1. The highest BCUT2D eigenvalue weighted by atomic mass is 32.2. The van der Waals surface area contributed by atoms with Crippen molar-refractivity contribution in [1.82, 2.24) is 0 Å². The zero-order chi connectivity index (χ0) is 11.8. The number of rotatable bonds is 3. The van der Waals surface area contributed by atoms with E-state index in [-0.39, 0.29) is 22.3 Å². The van der Waals surface area contributed by atoms with Gasteiger partial charge in [-0.25, -0.2) is 12.8 Å². The van der Waals surface area contributed by atoms with Crippen molar-refractivity contribution in [2.75, 3.05) is 11.5 Å². The standard InChI is InChI=1S/C11H14FNO2S/c12-10-6-9(4-5-11(10)13)16(14,15)7-8-2-1-3-8/h4-6,8H,1-3,7,13H2. The van der Waals surface area contributed by atoms with Crippen LogP contribution < -0.4 is 5.73 Å². The molecule has 0 bridgehead atoms. The van der Waals surface area contributed by atoms with Gasteiger partial charge in [-0.1, -0.05) is 6.42 Å². The van der Waals surface area contributed by atoms with Gasteiger partial charge in [0.25, 0.3) is 0 Å². The molecule has 1 aromatic rings. The molecule has 1 aromatic carbocycles. The van der Waals surface area contributed by atoms with E-state index in [1.165, 1.54) is 12.1 Å². The van der Waals surface area contributed by atoms with E-state index in [4.69, 9.17) is 5.73 Å². The van der Waals surface area contributed by atoms with E-state index in [0.29, 0.717) is 0 Å². The van der Waals surface area contributed by atoms with Gasteiger partial charge in [-0.2, -0.15) is 0 Å². The van der Waals surface area contributed by atoms with Gasteiger partial charge in [0.2, 0.25) is 0 Å². The lowest BCUT2D eigenvalue weighted by atomic mass is 9.87. The van der Waals surface area contributed by atoms with Crippen LogP contribution in [0, 0.1) is 11.7 Å². The van der Waals surface area contributed by atoms with Gasteiger partial charge in [0.15, 0.2) is 9.84 Å². The Labute approximate surface area is 94.4 Å². The molecule has 3 nitrogen and oxygen atoms in total. The van der Waals surface area contributed by atoms with Crippen LogP contribution in [-0.4, -0.2) is 14.2 Å². The van der Waals surface area contributed by atoms with Crippen LogP contribution in [0.3, 0.4) is 0 Å². The molecule has 0 spiro atoms. The van der Waals surface area contributed by atoms with Gasteiger partial charge in [-0.15, -0.1) is 0 Å². The fraction of sp³-hybridized carbons (Fsp3) is 0.455. The van der Waals surface area contributed by atoms with Gasteiger partial charge in [0.05, 0.1) is 16.3 Å². The van der Waals surface area contributed by atoms with Crippen molar-refractivity contribution in [3.8, 4) is 0 Å². The molecule has 2 rings (SSSR count). The van der Waals surface area contributed by atoms with Gasteiger partial charge < -0.3 is 5.73 Å². The lowest BCUT2D eigenvalue weighted by molar-refractivity contribution is 0.347. The summed E-state index contributed by atoms with van der Waals surface area (Å²) in [5.41, 5.74) is 5.28. The Morgan fingerprint density at radius 2 is 2.06 bits per heavy atom. The van der Waals surface area contributed by atoms with Crippen LogP contribution in [0.4, 0.5) is 10.1 Å². The zero-order valence-electron chi connectivity index (χ0n) is 8.82. The molecule has 88 valence electrons. The van der Waals surface area contributed by atoms with Crippen molar-refractivity contribution in [2.24, 2.45) is 5.92 Å². The average molecular weight is 243 g/mol. The Balaban J connectivity index is 2.24. The molecular weight excluding hydrogens is 229 g/mol. The molecule has 1 saturated carbocycles. The molecular formula is C11H14FNO2S. The normalized spacial score (nSPS) is 17.1. The summed E-state index contributed by atoms with van der Waals surface area (Å²) in [4.78, 5) is 0.0334. The molecule has 16 heavy (non-hydrogen) atoms.